The van der Waals surface area contributed by atoms with Crippen LogP contribution in [0.4, 0.5) is 22.7 Å². The van der Waals surface area contributed by atoms with E-state index in [0.717, 1.165) is 6.07 Å². The molecule has 0 radical (unpaired) electrons. The van der Waals surface area contributed by atoms with E-state index < -0.39 is 16.7 Å². The quantitative estimate of drug-likeness (QED) is 0.257. The summed E-state index contributed by atoms with van der Waals surface area (Å²) in [7, 11) is 0. The molecule has 3 aromatic rings. The first-order chi connectivity index (χ1) is 13.4. The number of carboxylic acids is 1. The number of nitro benzene ring substituents is 1. The molecule has 0 amide bonds. The Hall–Kier alpha value is -4.20. The number of nitro groups is 1. The minimum absolute atomic E-state index is 0.00647. The number of nitrogen functional groups attached to an aromatic ring is 1. The van der Waals surface area contributed by atoms with Crippen LogP contribution in [0.1, 0.15) is 26.3 Å². The third-order valence-electron chi connectivity index (χ3n) is 4.09. The summed E-state index contributed by atoms with van der Waals surface area (Å²) >= 11 is 0. The highest BCUT2D eigenvalue weighted by Crippen LogP contribution is 2.31. The van der Waals surface area contributed by atoms with Crippen molar-refractivity contribution in [3.05, 3.63) is 93.5 Å². The number of benzene rings is 3. The van der Waals surface area contributed by atoms with Crippen molar-refractivity contribution in [3.63, 3.8) is 0 Å². The Morgan fingerprint density at radius 2 is 1.57 bits per heavy atom. The van der Waals surface area contributed by atoms with Gasteiger partial charge in [0.05, 0.1) is 21.9 Å². The van der Waals surface area contributed by atoms with E-state index in [0.29, 0.717) is 11.4 Å². The zero-order valence-electron chi connectivity index (χ0n) is 14.5. The molecule has 0 aliphatic carbocycles. The zero-order valence-corrected chi connectivity index (χ0v) is 14.5. The summed E-state index contributed by atoms with van der Waals surface area (Å²) < 4.78 is 0. The molecule has 3 aromatic carbocycles. The third-order valence-corrected chi connectivity index (χ3v) is 4.09. The number of ketones is 1. The minimum atomic E-state index is -1.25. The number of carbonyl (C=O) groups is 2. The molecule has 0 spiro atoms. The number of anilines is 3. The summed E-state index contributed by atoms with van der Waals surface area (Å²) in [6.07, 6.45) is 0. The average Bonchev–Trinajstić information content (AvgIpc) is 2.69. The van der Waals surface area contributed by atoms with E-state index in [1.807, 2.05) is 0 Å². The van der Waals surface area contributed by atoms with Crippen LogP contribution in [0.3, 0.4) is 0 Å². The summed E-state index contributed by atoms with van der Waals surface area (Å²) in [5, 5.41) is 23.7. The van der Waals surface area contributed by atoms with Crippen molar-refractivity contribution in [1.82, 2.24) is 0 Å². The molecular formula is C20H15N3O5. The summed E-state index contributed by atoms with van der Waals surface area (Å²) in [5.41, 5.74) is 6.37. The summed E-state index contributed by atoms with van der Waals surface area (Å²) in [5.74, 6) is -1.87. The topological polar surface area (TPSA) is 136 Å². The lowest BCUT2D eigenvalue weighted by Gasteiger charge is -2.11. The Labute approximate surface area is 159 Å². The first-order valence-corrected chi connectivity index (χ1v) is 8.15. The molecule has 0 atom stereocenters. The van der Waals surface area contributed by atoms with Gasteiger partial charge in [0.15, 0.2) is 5.78 Å². The second-order valence-electron chi connectivity index (χ2n) is 5.88. The first kappa shape index (κ1) is 18.6. The van der Waals surface area contributed by atoms with Crippen molar-refractivity contribution >= 4 is 34.5 Å². The van der Waals surface area contributed by atoms with Gasteiger partial charge in [-0.15, -0.1) is 0 Å². The lowest BCUT2D eigenvalue weighted by molar-refractivity contribution is -0.383. The largest absolute Gasteiger partial charge is 0.478 e. The molecule has 0 unspecified atom stereocenters. The van der Waals surface area contributed by atoms with E-state index >= 15 is 0 Å². The lowest BCUT2D eigenvalue weighted by Crippen LogP contribution is -2.10. The van der Waals surface area contributed by atoms with Gasteiger partial charge in [0, 0.05) is 17.2 Å². The molecule has 3 rings (SSSR count). The Bertz CT molecular complexity index is 1090. The molecule has 28 heavy (non-hydrogen) atoms. The fraction of sp³-hybridized carbons (Fsp3) is 0. The van der Waals surface area contributed by atoms with Crippen molar-refractivity contribution in [2.75, 3.05) is 11.1 Å². The molecule has 0 bridgehead atoms. The van der Waals surface area contributed by atoms with E-state index in [2.05, 4.69) is 5.32 Å². The number of rotatable bonds is 6. The van der Waals surface area contributed by atoms with Crippen molar-refractivity contribution in [2.24, 2.45) is 0 Å². The van der Waals surface area contributed by atoms with E-state index in [4.69, 9.17) is 5.73 Å². The summed E-state index contributed by atoms with van der Waals surface area (Å²) in [4.78, 5) is 35.0. The second kappa shape index (κ2) is 7.58. The molecule has 0 saturated carbocycles. The van der Waals surface area contributed by atoms with Gasteiger partial charge >= 0.3 is 5.97 Å². The minimum Gasteiger partial charge on any atom is -0.478 e. The van der Waals surface area contributed by atoms with Gasteiger partial charge in [-0.05, 0) is 30.3 Å². The van der Waals surface area contributed by atoms with Crippen LogP contribution in [0.15, 0.2) is 66.7 Å². The number of aromatic carboxylic acids is 1. The summed E-state index contributed by atoms with van der Waals surface area (Å²) in [6, 6.07) is 16.4. The fourth-order valence-electron chi connectivity index (χ4n) is 2.71. The normalized spacial score (nSPS) is 10.3. The highest BCUT2D eigenvalue weighted by Gasteiger charge is 2.22. The van der Waals surface area contributed by atoms with E-state index in [9.17, 15) is 24.8 Å². The maximum absolute atomic E-state index is 12.7. The average molecular weight is 377 g/mol. The van der Waals surface area contributed by atoms with Gasteiger partial charge in [0.1, 0.15) is 5.69 Å². The third kappa shape index (κ3) is 3.65. The summed E-state index contributed by atoms with van der Waals surface area (Å²) in [6.45, 7) is 0. The number of para-hydroxylation sites is 2. The van der Waals surface area contributed by atoms with Crippen LogP contribution in [-0.2, 0) is 0 Å². The number of nitrogens with one attached hydrogen (secondary N) is 1. The molecule has 8 heteroatoms. The Balaban J connectivity index is 2.02. The molecule has 140 valence electrons. The molecule has 0 saturated heterocycles. The van der Waals surface area contributed by atoms with Crippen LogP contribution in [0, 0.1) is 10.1 Å². The molecular weight excluding hydrogens is 362 g/mol. The van der Waals surface area contributed by atoms with Gasteiger partial charge in [-0.25, -0.2) is 4.79 Å². The van der Waals surface area contributed by atoms with Crippen molar-refractivity contribution in [1.29, 1.82) is 0 Å². The Kier molecular flexibility index (Phi) is 5.03. The Morgan fingerprint density at radius 3 is 2.21 bits per heavy atom. The number of nitrogens with zero attached hydrogens (tertiary/aromatic N) is 1. The number of hydrogen-bond donors (Lipinski definition) is 3. The molecule has 0 aromatic heterocycles. The van der Waals surface area contributed by atoms with Gasteiger partial charge < -0.3 is 16.2 Å². The highest BCUT2D eigenvalue weighted by molar-refractivity contribution is 6.14. The smallest absolute Gasteiger partial charge is 0.336 e. The van der Waals surface area contributed by atoms with Gasteiger partial charge in [-0.1, -0.05) is 30.3 Å². The van der Waals surface area contributed by atoms with Crippen molar-refractivity contribution in [2.45, 2.75) is 0 Å². The van der Waals surface area contributed by atoms with Crippen LogP contribution in [0.25, 0.3) is 0 Å². The number of carbonyl (C=O) groups excluding carboxylic acids is 1. The zero-order chi connectivity index (χ0) is 20.3. The van der Waals surface area contributed by atoms with Crippen LogP contribution in [-0.4, -0.2) is 21.8 Å². The number of nitrogens with two attached hydrogens (primary N) is 1. The van der Waals surface area contributed by atoms with E-state index in [1.165, 1.54) is 36.4 Å². The predicted molar refractivity (Wildman–Crippen MR) is 104 cm³/mol. The van der Waals surface area contributed by atoms with Gasteiger partial charge in [-0.3, -0.25) is 14.9 Å². The number of hydrogen-bond acceptors (Lipinski definition) is 6. The van der Waals surface area contributed by atoms with Gasteiger partial charge in [0.2, 0.25) is 0 Å². The maximum atomic E-state index is 12.7. The van der Waals surface area contributed by atoms with Crippen LogP contribution in [0.2, 0.25) is 0 Å². The monoisotopic (exact) mass is 377 g/mol. The molecule has 0 fully saturated rings. The Morgan fingerprint density at radius 1 is 0.929 bits per heavy atom. The van der Waals surface area contributed by atoms with Crippen LogP contribution in [0.5, 0.6) is 0 Å². The SMILES string of the molecule is Nc1ccccc1Nc1ccc(C(=O)c2ccccc2C(=O)O)cc1[N+](=O)[O-]. The molecule has 8 nitrogen and oxygen atoms in total. The van der Waals surface area contributed by atoms with Gasteiger partial charge in [0.25, 0.3) is 5.69 Å². The fourth-order valence-corrected chi connectivity index (χ4v) is 2.71. The van der Waals surface area contributed by atoms with Crippen molar-refractivity contribution in [3.8, 4) is 0 Å². The molecule has 4 N–H and O–H groups in total. The standard InChI is InChI=1S/C20H15N3O5/c21-15-7-3-4-8-16(15)22-17-10-9-12(11-18(17)23(27)28)19(24)13-5-1-2-6-14(13)20(25)26/h1-11,22H,21H2,(H,25,26). The highest BCUT2D eigenvalue weighted by atomic mass is 16.6. The second-order valence-corrected chi connectivity index (χ2v) is 5.88. The predicted octanol–water partition coefficient (Wildman–Crippen LogP) is 3.85. The lowest BCUT2D eigenvalue weighted by atomic mass is 9.97. The number of carboxylic acid groups (broad SMARTS) is 1. The van der Waals surface area contributed by atoms with Crippen LogP contribution >= 0.6 is 0 Å². The van der Waals surface area contributed by atoms with Crippen molar-refractivity contribution < 1.29 is 19.6 Å². The first-order valence-electron chi connectivity index (χ1n) is 8.15. The van der Waals surface area contributed by atoms with E-state index in [-0.39, 0.29) is 28.1 Å². The van der Waals surface area contributed by atoms with Gasteiger partial charge in [-0.2, -0.15) is 0 Å². The molecule has 0 heterocycles. The van der Waals surface area contributed by atoms with E-state index in [1.54, 1.807) is 24.3 Å². The van der Waals surface area contributed by atoms with Crippen LogP contribution < -0.4 is 11.1 Å². The maximum Gasteiger partial charge on any atom is 0.336 e. The molecule has 0 aliphatic rings. The molecule has 0 aliphatic heterocycles.